The molecule has 2 aromatic carbocycles. The van der Waals surface area contributed by atoms with Gasteiger partial charge in [-0.3, -0.25) is 4.79 Å². The number of amides is 1. The molecule has 0 spiro atoms. The second-order valence-electron chi connectivity index (χ2n) is 8.79. The van der Waals surface area contributed by atoms with E-state index in [1.165, 1.54) is 24.5 Å². The summed E-state index contributed by atoms with van der Waals surface area (Å²) in [5, 5.41) is 23.9. The maximum Gasteiger partial charge on any atom is 0.264 e. The average molecular weight is 514 g/mol. The van der Waals surface area contributed by atoms with Gasteiger partial charge in [-0.15, -0.1) is 0 Å². The first-order valence-electron chi connectivity index (χ1n) is 12.0. The Bertz CT molecular complexity index is 1560. The van der Waals surface area contributed by atoms with Crippen molar-refractivity contribution in [3.8, 4) is 28.8 Å². The number of aliphatic hydroxyl groups excluding tert-OH is 1. The van der Waals surface area contributed by atoms with Crippen LogP contribution in [-0.4, -0.2) is 55.4 Å². The van der Waals surface area contributed by atoms with Crippen LogP contribution < -0.4 is 10.5 Å². The summed E-state index contributed by atoms with van der Waals surface area (Å²) in [6, 6.07) is 14.7. The molecular formula is C27H24FN7O3. The minimum absolute atomic E-state index is 0.0914. The number of likely N-dealkylation sites (tertiary alicyclic amines) is 1. The SMILES string of the molecule is N#C/C(=C\CO)C(=O)N1CCC[C@@H](n2nc(-c3ccc(Oc4cccc(F)c4)cc3)c3c(N)ncnc32)C1. The summed E-state index contributed by atoms with van der Waals surface area (Å²) in [6.45, 7) is 0.431. The third-order valence-electron chi connectivity index (χ3n) is 6.35. The van der Waals surface area contributed by atoms with Crippen LogP contribution in [0.4, 0.5) is 10.2 Å². The van der Waals surface area contributed by atoms with Crippen molar-refractivity contribution in [1.29, 1.82) is 5.26 Å². The summed E-state index contributed by atoms with van der Waals surface area (Å²) in [7, 11) is 0. The number of carbonyl (C=O) groups excluding carboxylic acids is 1. The van der Waals surface area contributed by atoms with Gasteiger partial charge < -0.3 is 20.5 Å². The Balaban J connectivity index is 1.46. The first-order valence-corrected chi connectivity index (χ1v) is 12.0. The van der Waals surface area contributed by atoms with E-state index in [2.05, 4.69) is 9.97 Å². The topological polar surface area (TPSA) is 143 Å². The van der Waals surface area contributed by atoms with Crippen LogP contribution in [0.3, 0.4) is 0 Å². The number of nitrogen functional groups attached to an aromatic ring is 1. The van der Waals surface area contributed by atoms with Gasteiger partial charge in [-0.2, -0.15) is 10.4 Å². The lowest BCUT2D eigenvalue weighted by molar-refractivity contribution is -0.128. The summed E-state index contributed by atoms with van der Waals surface area (Å²) >= 11 is 0. The number of nitrogens with two attached hydrogens (primary N) is 1. The fourth-order valence-corrected chi connectivity index (χ4v) is 4.58. The van der Waals surface area contributed by atoms with Gasteiger partial charge in [0.05, 0.1) is 18.0 Å². The summed E-state index contributed by atoms with van der Waals surface area (Å²) in [6.07, 6.45) is 4.04. The Labute approximate surface area is 217 Å². The lowest BCUT2D eigenvalue weighted by atomic mass is 10.0. The van der Waals surface area contributed by atoms with Gasteiger partial charge in [0.15, 0.2) is 5.65 Å². The minimum Gasteiger partial charge on any atom is -0.457 e. The zero-order valence-corrected chi connectivity index (χ0v) is 20.3. The van der Waals surface area contributed by atoms with Crippen LogP contribution in [0.5, 0.6) is 11.5 Å². The Hall–Kier alpha value is -4.82. The van der Waals surface area contributed by atoms with Crippen LogP contribution in [0.2, 0.25) is 0 Å². The number of aromatic nitrogens is 4. The molecule has 0 bridgehead atoms. The molecule has 1 fully saturated rings. The third kappa shape index (κ3) is 4.89. The predicted molar refractivity (Wildman–Crippen MR) is 137 cm³/mol. The number of nitriles is 1. The highest BCUT2D eigenvalue weighted by Gasteiger charge is 2.30. The van der Waals surface area contributed by atoms with Gasteiger partial charge in [0, 0.05) is 24.7 Å². The highest BCUT2D eigenvalue weighted by atomic mass is 19.1. The van der Waals surface area contributed by atoms with Crippen LogP contribution in [0.25, 0.3) is 22.3 Å². The van der Waals surface area contributed by atoms with Crippen molar-refractivity contribution in [2.75, 3.05) is 25.4 Å². The molecule has 2 aromatic heterocycles. The van der Waals surface area contributed by atoms with Crippen LogP contribution in [0.1, 0.15) is 18.9 Å². The van der Waals surface area contributed by atoms with Gasteiger partial charge in [0.25, 0.3) is 5.91 Å². The van der Waals surface area contributed by atoms with E-state index >= 15 is 0 Å². The predicted octanol–water partition coefficient (Wildman–Crippen LogP) is 3.61. The maximum atomic E-state index is 13.5. The van der Waals surface area contributed by atoms with Gasteiger partial charge in [-0.05, 0) is 55.3 Å². The lowest BCUT2D eigenvalue weighted by Crippen LogP contribution is -2.41. The number of nitrogens with zero attached hydrogens (tertiary/aromatic N) is 6. The average Bonchev–Trinajstić information content (AvgIpc) is 3.33. The molecule has 3 heterocycles. The van der Waals surface area contributed by atoms with Gasteiger partial charge >= 0.3 is 0 Å². The summed E-state index contributed by atoms with van der Waals surface area (Å²) in [5.74, 6) is 0.374. The van der Waals surface area contributed by atoms with E-state index in [0.717, 1.165) is 12.0 Å². The maximum absolute atomic E-state index is 13.5. The first-order chi connectivity index (χ1) is 18.5. The molecule has 0 aliphatic carbocycles. The van der Waals surface area contributed by atoms with E-state index in [1.807, 2.05) is 18.2 Å². The number of hydrogen-bond acceptors (Lipinski definition) is 8. The Morgan fingerprint density at radius 1 is 1.24 bits per heavy atom. The zero-order valence-electron chi connectivity index (χ0n) is 20.3. The van der Waals surface area contributed by atoms with Crippen LogP contribution in [-0.2, 0) is 4.79 Å². The van der Waals surface area contributed by atoms with Gasteiger partial charge in [-0.1, -0.05) is 6.07 Å². The number of rotatable bonds is 6. The molecule has 1 aliphatic heterocycles. The van der Waals surface area contributed by atoms with Crippen molar-refractivity contribution in [3.63, 3.8) is 0 Å². The molecule has 0 unspecified atom stereocenters. The molecule has 3 N–H and O–H groups in total. The van der Waals surface area contributed by atoms with E-state index < -0.39 is 5.91 Å². The van der Waals surface area contributed by atoms with Crippen molar-refractivity contribution in [3.05, 3.63) is 72.3 Å². The highest BCUT2D eigenvalue weighted by molar-refractivity contribution is 5.99. The number of hydrogen-bond donors (Lipinski definition) is 2. The molecule has 4 aromatic rings. The number of piperidine rings is 1. The van der Waals surface area contributed by atoms with Crippen molar-refractivity contribution in [2.24, 2.45) is 0 Å². The first kappa shape index (κ1) is 24.9. The van der Waals surface area contributed by atoms with E-state index in [-0.39, 0.29) is 29.9 Å². The van der Waals surface area contributed by atoms with Gasteiger partial charge in [-0.25, -0.2) is 19.0 Å². The van der Waals surface area contributed by atoms with Crippen molar-refractivity contribution >= 4 is 22.8 Å². The Kier molecular flexibility index (Phi) is 6.97. The monoisotopic (exact) mass is 513 g/mol. The van der Waals surface area contributed by atoms with Crippen LogP contribution in [0, 0.1) is 17.1 Å². The fraction of sp³-hybridized carbons (Fsp3) is 0.222. The van der Waals surface area contributed by atoms with Crippen LogP contribution in [0.15, 0.2) is 66.5 Å². The Morgan fingerprint density at radius 2 is 2.05 bits per heavy atom. The molecule has 1 saturated heterocycles. The largest absolute Gasteiger partial charge is 0.457 e. The highest BCUT2D eigenvalue weighted by Crippen LogP contribution is 2.35. The molecule has 5 rings (SSSR count). The third-order valence-corrected chi connectivity index (χ3v) is 6.35. The van der Waals surface area contributed by atoms with E-state index in [4.69, 9.17) is 20.7 Å². The summed E-state index contributed by atoms with van der Waals surface area (Å²) in [4.78, 5) is 23.0. The minimum atomic E-state index is -0.425. The van der Waals surface area contributed by atoms with Crippen LogP contribution >= 0.6 is 0 Å². The Morgan fingerprint density at radius 3 is 2.79 bits per heavy atom. The molecule has 0 radical (unpaired) electrons. The number of fused-ring (bicyclic) bond motifs is 1. The molecule has 11 heteroatoms. The summed E-state index contributed by atoms with van der Waals surface area (Å²) in [5.41, 5.74) is 8.04. The number of benzene rings is 2. The van der Waals surface area contributed by atoms with Crippen molar-refractivity contribution < 1.29 is 19.0 Å². The molecule has 1 amide bonds. The number of aliphatic hydroxyl groups is 1. The normalized spacial score (nSPS) is 15.9. The van der Waals surface area contributed by atoms with Crippen molar-refractivity contribution in [1.82, 2.24) is 24.6 Å². The second-order valence-corrected chi connectivity index (χ2v) is 8.79. The molecule has 10 nitrogen and oxygen atoms in total. The molecular weight excluding hydrogens is 489 g/mol. The molecule has 1 aliphatic rings. The standard InChI is InChI=1S/C27H24FN7O3/c28-19-3-1-5-22(13-19)38-21-8-6-17(7-9-21)24-23-25(30)31-16-32-26(23)35(33-24)20-4-2-11-34(15-20)27(37)18(14-29)10-12-36/h1,3,5-10,13,16,20,36H,2,4,11-12,15H2,(H2,30,31,32)/b18-10+/t20-/m1/s1. The smallest absolute Gasteiger partial charge is 0.264 e. The molecule has 0 saturated carbocycles. The second kappa shape index (κ2) is 10.7. The number of carbonyl (C=O) groups is 1. The summed E-state index contributed by atoms with van der Waals surface area (Å²) < 4.78 is 21.0. The van der Waals surface area contributed by atoms with Gasteiger partial charge in [0.2, 0.25) is 0 Å². The van der Waals surface area contributed by atoms with E-state index in [9.17, 15) is 14.4 Å². The molecule has 192 valence electrons. The van der Waals surface area contributed by atoms with E-state index in [1.54, 1.807) is 33.8 Å². The fourth-order valence-electron chi connectivity index (χ4n) is 4.58. The van der Waals surface area contributed by atoms with Crippen molar-refractivity contribution in [2.45, 2.75) is 18.9 Å². The molecule has 1 atom stereocenters. The quantitative estimate of drug-likeness (QED) is 0.294. The van der Waals surface area contributed by atoms with Gasteiger partial charge in [0.1, 0.15) is 46.8 Å². The number of anilines is 1. The number of halogens is 1. The van der Waals surface area contributed by atoms with E-state index in [0.29, 0.717) is 47.7 Å². The number of ether oxygens (including phenoxy) is 1. The molecule has 38 heavy (non-hydrogen) atoms. The zero-order chi connectivity index (χ0) is 26.6. The lowest BCUT2D eigenvalue weighted by Gasteiger charge is -2.32.